The van der Waals surface area contributed by atoms with E-state index < -0.39 is 0 Å². The summed E-state index contributed by atoms with van der Waals surface area (Å²) in [6.45, 7) is 3.82. The van der Waals surface area contributed by atoms with Gasteiger partial charge in [-0.2, -0.15) is 0 Å². The van der Waals surface area contributed by atoms with Crippen LogP contribution >= 0.6 is 11.8 Å². The summed E-state index contributed by atoms with van der Waals surface area (Å²) < 4.78 is 2.36. The van der Waals surface area contributed by atoms with Gasteiger partial charge in [-0.1, -0.05) is 24.6 Å². The predicted molar refractivity (Wildman–Crippen MR) is 101 cm³/mol. The van der Waals surface area contributed by atoms with Crippen molar-refractivity contribution in [1.82, 2.24) is 25.4 Å². The third-order valence-corrected chi connectivity index (χ3v) is 6.12. The molecule has 0 unspecified atom stereocenters. The molecule has 0 spiro atoms. The van der Waals surface area contributed by atoms with Gasteiger partial charge in [0.05, 0.1) is 0 Å². The number of hydrogen-bond donors (Lipinski definition) is 2. The van der Waals surface area contributed by atoms with Crippen LogP contribution < -0.4 is 10.6 Å². The molecule has 2 atom stereocenters. The fourth-order valence-corrected chi connectivity index (χ4v) is 4.69. The van der Waals surface area contributed by atoms with Crippen molar-refractivity contribution in [3.63, 3.8) is 0 Å². The van der Waals surface area contributed by atoms with Gasteiger partial charge in [-0.05, 0) is 51.8 Å². The summed E-state index contributed by atoms with van der Waals surface area (Å²) in [4.78, 5) is 12.3. The quantitative estimate of drug-likeness (QED) is 0.574. The molecule has 1 aliphatic heterocycles. The lowest BCUT2D eigenvalue weighted by Crippen LogP contribution is -2.42. The Bertz CT molecular complexity index is 570. The van der Waals surface area contributed by atoms with Crippen molar-refractivity contribution >= 4 is 17.7 Å². The maximum absolute atomic E-state index is 12.3. The van der Waals surface area contributed by atoms with Gasteiger partial charge >= 0.3 is 0 Å². The lowest BCUT2D eigenvalue weighted by molar-refractivity contribution is -0.126. The van der Waals surface area contributed by atoms with E-state index in [4.69, 9.17) is 0 Å². The average Bonchev–Trinajstić information content (AvgIpc) is 3.27. The van der Waals surface area contributed by atoms with Crippen LogP contribution in [0.2, 0.25) is 0 Å². The Hall–Kier alpha value is -1.08. The number of thioether (sulfide) groups is 1. The minimum Gasteiger partial charge on any atom is -0.356 e. The fourth-order valence-electron chi connectivity index (χ4n) is 4.12. The van der Waals surface area contributed by atoms with Gasteiger partial charge in [0.25, 0.3) is 0 Å². The van der Waals surface area contributed by atoms with E-state index in [0.29, 0.717) is 12.1 Å². The Morgan fingerprint density at radius 3 is 2.84 bits per heavy atom. The van der Waals surface area contributed by atoms with Gasteiger partial charge in [0, 0.05) is 31.0 Å². The largest absolute Gasteiger partial charge is 0.356 e. The molecule has 2 fully saturated rings. The molecule has 0 bridgehead atoms. The number of nitrogens with one attached hydrogen (secondary N) is 2. The summed E-state index contributed by atoms with van der Waals surface area (Å²) in [5, 5.41) is 16.3. The van der Waals surface area contributed by atoms with Crippen molar-refractivity contribution in [3.05, 3.63) is 5.82 Å². The van der Waals surface area contributed by atoms with Crippen LogP contribution in [-0.2, 0) is 11.2 Å². The molecule has 3 rings (SSSR count). The number of nitrogens with zero attached hydrogens (tertiary/aromatic N) is 3. The number of rotatable bonds is 7. The number of carbonyl (C=O) groups excluding carboxylic acids is 1. The SMILES string of the molecule is CSc1nnc(CCCNC(=O)[C@H]2CCN[C@@H](C)C2)n1C1CCCC1. The standard InChI is InChI=1S/C18H31N5OS/c1-13-12-14(9-11-19-13)17(24)20-10-5-8-16-21-22-18(25-2)23(16)15-6-3-4-7-15/h13-15,19H,3-12H2,1-2H3,(H,20,24)/t13-,14-/m0/s1. The van der Waals surface area contributed by atoms with E-state index in [1.807, 2.05) is 0 Å². The normalized spacial score (nSPS) is 24.6. The zero-order valence-electron chi connectivity index (χ0n) is 15.5. The maximum atomic E-state index is 12.3. The molecular formula is C18H31N5OS. The predicted octanol–water partition coefficient (Wildman–Crippen LogP) is 2.55. The van der Waals surface area contributed by atoms with Gasteiger partial charge in [-0.25, -0.2) is 0 Å². The van der Waals surface area contributed by atoms with E-state index >= 15 is 0 Å². The lowest BCUT2D eigenvalue weighted by atomic mass is 9.92. The van der Waals surface area contributed by atoms with Gasteiger partial charge in [-0.15, -0.1) is 10.2 Å². The summed E-state index contributed by atoms with van der Waals surface area (Å²) in [5.74, 6) is 1.47. The second kappa shape index (κ2) is 9.03. The van der Waals surface area contributed by atoms with Crippen LogP contribution in [0, 0.1) is 5.92 Å². The summed E-state index contributed by atoms with van der Waals surface area (Å²) in [7, 11) is 0. The number of aromatic nitrogens is 3. The number of aryl methyl sites for hydroxylation is 1. The Balaban J connectivity index is 1.47. The van der Waals surface area contributed by atoms with Crippen LogP contribution in [0.1, 0.15) is 63.7 Å². The van der Waals surface area contributed by atoms with Crippen LogP contribution in [0.25, 0.3) is 0 Å². The van der Waals surface area contributed by atoms with E-state index in [1.165, 1.54) is 25.7 Å². The van der Waals surface area contributed by atoms with Gasteiger partial charge in [0.2, 0.25) is 5.91 Å². The zero-order valence-corrected chi connectivity index (χ0v) is 16.3. The number of carbonyl (C=O) groups is 1. The minimum absolute atomic E-state index is 0.168. The highest BCUT2D eigenvalue weighted by molar-refractivity contribution is 7.98. The molecule has 2 N–H and O–H groups in total. The highest BCUT2D eigenvalue weighted by atomic mass is 32.2. The Labute approximate surface area is 154 Å². The van der Waals surface area contributed by atoms with Crippen molar-refractivity contribution in [1.29, 1.82) is 0 Å². The Kier molecular flexibility index (Phi) is 6.76. The second-order valence-corrected chi connectivity index (χ2v) is 8.16. The summed E-state index contributed by atoms with van der Waals surface area (Å²) >= 11 is 1.68. The molecule has 140 valence electrons. The smallest absolute Gasteiger partial charge is 0.223 e. The van der Waals surface area contributed by atoms with Crippen molar-refractivity contribution < 1.29 is 4.79 Å². The van der Waals surface area contributed by atoms with Crippen LogP contribution in [0.3, 0.4) is 0 Å². The van der Waals surface area contributed by atoms with E-state index in [2.05, 4.69) is 38.6 Å². The Morgan fingerprint density at radius 1 is 1.32 bits per heavy atom. The molecule has 25 heavy (non-hydrogen) atoms. The monoisotopic (exact) mass is 365 g/mol. The highest BCUT2D eigenvalue weighted by Crippen LogP contribution is 2.33. The van der Waals surface area contributed by atoms with Crippen LogP contribution in [0.4, 0.5) is 0 Å². The van der Waals surface area contributed by atoms with Gasteiger partial charge in [0.1, 0.15) is 5.82 Å². The van der Waals surface area contributed by atoms with Gasteiger partial charge < -0.3 is 15.2 Å². The number of amides is 1. The van der Waals surface area contributed by atoms with Crippen molar-refractivity contribution in [2.75, 3.05) is 19.3 Å². The van der Waals surface area contributed by atoms with Crippen LogP contribution in [-0.4, -0.2) is 46.1 Å². The van der Waals surface area contributed by atoms with Crippen LogP contribution in [0.5, 0.6) is 0 Å². The molecule has 2 aliphatic rings. The maximum Gasteiger partial charge on any atom is 0.223 e. The minimum atomic E-state index is 0.168. The van der Waals surface area contributed by atoms with Crippen LogP contribution in [0.15, 0.2) is 5.16 Å². The van der Waals surface area contributed by atoms with Crippen molar-refractivity contribution in [2.45, 2.75) is 75.5 Å². The topological polar surface area (TPSA) is 71.8 Å². The third-order valence-electron chi connectivity index (χ3n) is 5.48. The zero-order chi connectivity index (χ0) is 17.6. The summed E-state index contributed by atoms with van der Waals surface area (Å²) in [6, 6.07) is 1.01. The van der Waals surface area contributed by atoms with E-state index in [9.17, 15) is 4.79 Å². The summed E-state index contributed by atoms with van der Waals surface area (Å²) in [6.07, 6.45) is 10.9. The molecule has 0 aromatic carbocycles. The van der Waals surface area contributed by atoms with E-state index in [-0.39, 0.29) is 11.8 Å². The summed E-state index contributed by atoms with van der Waals surface area (Å²) in [5.41, 5.74) is 0. The molecular weight excluding hydrogens is 334 g/mol. The molecule has 1 amide bonds. The average molecular weight is 366 g/mol. The van der Waals surface area contributed by atoms with E-state index in [1.54, 1.807) is 11.8 Å². The first kappa shape index (κ1) is 18.7. The second-order valence-electron chi connectivity index (χ2n) is 7.38. The molecule has 6 nitrogen and oxygen atoms in total. The van der Waals surface area contributed by atoms with Gasteiger partial charge in [-0.3, -0.25) is 4.79 Å². The molecule has 0 radical (unpaired) electrons. The fraction of sp³-hybridized carbons (Fsp3) is 0.833. The lowest BCUT2D eigenvalue weighted by Gasteiger charge is -2.27. The number of piperidine rings is 1. The molecule has 1 saturated carbocycles. The van der Waals surface area contributed by atoms with Crippen molar-refractivity contribution in [2.24, 2.45) is 5.92 Å². The van der Waals surface area contributed by atoms with Gasteiger partial charge in [0.15, 0.2) is 5.16 Å². The molecule has 1 saturated heterocycles. The first-order valence-electron chi connectivity index (χ1n) is 9.68. The molecule has 1 aliphatic carbocycles. The molecule has 1 aromatic rings. The first-order chi connectivity index (χ1) is 12.2. The number of hydrogen-bond acceptors (Lipinski definition) is 5. The molecule has 2 heterocycles. The van der Waals surface area contributed by atoms with Crippen molar-refractivity contribution in [3.8, 4) is 0 Å². The first-order valence-corrected chi connectivity index (χ1v) is 10.9. The Morgan fingerprint density at radius 2 is 2.12 bits per heavy atom. The molecule has 1 aromatic heterocycles. The van der Waals surface area contributed by atoms with E-state index in [0.717, 1.165) is 49.8 Å². The third kappa shape index (κ3) is 4.76. The molecule has 7 heteroatoms. The highest BCUT2D eigenvalue weighted by Gasteiger charge is 2.25.